The van der Waals surface area contributed by atoms with Crippen LogP contribution in [0.5, 0.6) is 0 Å². The van der Waals surface area contributed by atoms with Crippen molar-refractivity contribution in [1.29, 1.82) is 0 Å². The lowest BCUT2D eigenvalue weighted by molar-refractivity contribution is 0.776. The van der Waals surface area contributed by atoms with Crippen LogP contribution in [0.15, 0.2) is 57.8 Å². The Kier molecular flexibility index (Phi) is 3.40. The maximum absolute atomic E-state index is 12.4. The normalized spacial score (nSPS) is 10.9. The van der Waals surface area contributed by atoms with Gasteiger partial charge in [0.2, 0.25) is 0 Å². The van der Waals surface area contributed by atoms with Gasteiger partial charge in [-0.3, -0.25) is 4.79 Å². The van der Waals surface area contributed by atoms with Crippen molar-refractivity contribution >= 4 is 27.0 Å². The summed E-state index contributed by atoms with van der Waals surface area (Å²) in [5, 5.41) is 0. The number of benzene rings is 2. The van der Waals surface area contributed by atoms with Crippen molar-refractivity contribution in [3.05, 3.63) is 74.6 Å². The second-order valence-corrected chi connectivity index (χ2v) is 5.62. The van der Waals surface area contributed by atoms with Gasteiger partial charge in [-0.2, -0.15) is 0 Å². The van der Waals surface area contributed by atoms with Gasteiger partial charge in [-0.15, -0.1) is 0 Å². The molecule has 0 aliphatic heterocycles. The highest BCUT2D eigenvalue weighted by molar-refractivity contribution is 9.10. The molecule has 0 N–H and O–H groups in total. The van der Waals surface area contributed by atoms with Crippen LogP contribution in [0.3, 0.4) is 0 Å². The van der Waals surface area contributed by atoms with Gasteiger partial charge in [0.15, 0.2) is 0 Å². The van der Waals surface area contributed by atoms with Crippen LogP contribution < -0.4 is 5.56 Å². The summed E-state index contributed by atoms with van der Waals surface area (Å²) in [6.07, 6.45) is 0. The van der Waals surface area contributed by atoms with Crippen molar-refractivity contribution < 1.29 is 0 Å². The molecule has 1 heterocycles. The summed E-state index contributed by atoms with van der Waals surface area (Å²) in [4.78, 5) is 16.7. The number of fused-ring (bicyclic) bond motifs is 1. The van der Waals surface area contributed by atoms with Crippen LogP contribution in [-0.2, 0) is 6.54 Å². The van der Waals surface area contributed by atoms with Crippen LogP contribution in [0.2, 0.25) is 0 Å². The van der Waals surface area contributed by atoms with E-state index < -0.39 is 0 Å². The van der Waals surface area contributed by atoms with Crippen LogP contribution in [0.25, 0.3) is 11.0 Å². The van der Waals surface area contributed by atoms with Gasteiger partial charge in [0.25, 0.3) is 5.56 Å². The molecule has 3 aromatic rings. The van der Waals surface area contributed by atoms with Gasteiger partial charge in [-0.1, -0.05) is 40.2 Å². The Morgan fingerprint density at radius 2 is 1.95 bits per heavy atom. The van der Waals surface area contributed by atoms with Crippen molar-refractivity contribution in [1.82, 2.24) is 9.55 Å². The Morgan fingerprint density at radius 1 is 1.15 bits per heavy atom. The molecule has 0 atom stereocenters. The summed E-state index contributed by atoms with van der Waals surface area (Å²) in [5.41, 5.74) is 3.28. The number of hydrogen-bond donors (Lipinski definition) is 0. The summed E-state index contributed by atoms with van der Waals surface area (Å²) in [5.74, 6) is 0. The Morgan fingerprint density at radius 3 is 2.75 bits per heavy atom. The maximum Gasteiger partial charge on any atom is 0.272 e. The lowest BCUT2D eigenvalue weighted by Crippen LogP contribution is -2.24. The number of hydrogen-bond acceptors (Lipinski definition) is 2. The largest absolute Gasteiger partial charge is 0.301 e. The zero-order chi connectivity index (χ0) is 14.1. The molecule has 1 aromatic heterocycles. The fourth-order valence-corrected chi connectivity index (χ4v) is 2.74. The third kappa shape index (κ3) is 2.39. The molecule has 0 saturated heterocycles. The van der Waals surface area contributed by atoms with E-state index in [0.29, 0.717) is 12.2 Å². The van der Waals surface area contributed by atoms with Gasteiger partial charge >= 0.3 is 0 Å². The zero-order valence-electron chi connectivity index (χ0n) is 11.0. The first-order chi connectivity index (χ1) is 9.65. The minimum atomic E-state index is -0.0383. The summed E-state index contributed by atoms with van der Waals surface area (Å²) in [7, 11) is 0. The van der Waals surface area contributed by atoms with Gasteiger partial charge in [-0.25, -0.2) is 4.98 Å². The Labute approximate surface area is 125 Å². The number of aromatic nitrogens is 2. The van der Waals surface area contributed by atoms with Crippen LogP contribution in [0, 0.1) is 6.92 Å². The van der Waals surface area contributed by atoms with E-state index in [1.54, 1.807) is 11.5 Å². The summed E-state index contributed by atoms with van der Waals surface area (Å²) in [6.45, 7) is 2.30. The number of halogens is 1. The average Bonchev–Trinajstić information content (AvgIpc) is 2.44. The molecule has 3 rings (SSSR count). The number of nitrogens with zero attached hydrogens (tertiary/aromatic N) is 2. The Hall–Kier alpha value is -1.94. The van der Waals surface area contributed by atoms with Gasteiger partial charge in [0.05, 0.1) is 17.6 Å². The van der Waals surface area contributed by atoms with Gasteiger partial charge in [0, 0.05) is 4.47 Å². The summed E-state index contributed by atoms with van der Waals surface area (Å²) in [6, 6.07) is 15.7. The van der Waals surface area contributed by atoms with Crippen molar-refractivity contribution in [3.63, 3.8) is 0 Å². The quantitative estimate of drug-likeness (QED) is 0.721. The van der Waals surface area contributed by atoms with Crippen LogP contribution >= 0.6 is 15.9 Å². The van der Waals surface area contributed by atoms with E-state index in [2.05, 4.69) is 20.9 Å². The predicted octanol–water partition coefficient (Wildman–Crippen LogP) is 3.52. The Bertz CT molecular complexity index is 839. The second-order valence-electron chi connectivity index (χ2n) is 4.71. The summed E-state index contributed by atoms with van der Waals surface area (Å²) >= 11 is 3.46. The molecule has 0 spiro atoms. The van der Waals surface area contributed by atoms with E-state index in [1.807, 2.05) is 48.5 Å². The molecule has 100 valence electrons. The predicted molar refractivity (Wildman–Crippen MR) is 84.0 cm³/mol. The fourth-order valence-electron chi connectivity index (χ4n) is 2.30. The maximum atomic E-state index is 12.4. The van der Waals surface area contributed by atoms with Crippen LogP contribution in [0.1, 0.15) is 11.3 Å². The van der Waals surface area contributed by atoms with Gasteiger partial charge in [0.1, 0.15) is 5.69 Å². The first-order valence-corrected chi connectivity index (χ1v) is 7.15. The molecule has 2 aromatic carbocycles. The number of aryl methyl sites for hydroxylation is 1. The molecule has 0 aliphatic carbocycles. The molecular formula is C16H13BrN2O. The minimum Gasteiger partial charge on any atom is -0.301 e. The third-order valence-electron chi connectivity index (χ3n) is 3.25. The van der Waals surface area contributed by atoms with Gasteiger partial charge in [-0.05, 0) is 36.8 Å². The standard InChI is InChI=1S/C16H13BrN2O/c1-11-16(20)19(10-12-5-4-6-13(17)9-12)15-8-3-2-7-14(15)18-11/h2-9H,10H2,1H3. The van der Waals surface area contributed by atoms with Crippen molar-refractivity contribution in [2.45, 2.75) is 13.5 Å². The van der Waals surface area contributed by atoms with Crippen molar-refractivity contribution in [2.24, 2.45) is 0 Å². The Balaban J connectivity index is 2.20. The highest BCUT2D eigenvalue weighted by Crippen LogP contribution is 2.15. The molecule has 0 amide bonds. The van der Waals surface area contributed by atoms with E-state index >= 15 is 0 Å². The minimum absolute atomic E-state index is 0.0383. The van der Waals surface area contributed by atoms with E-state index in [9.17, 15) is 4.79 Å². The molecule has 0 aliphatic rings. The molecule has 0 fully saturated rings. The molecule has 20 heavy (non-hydrogen) atoms. The van der Waals surface area contributed by atoms with Gasteiger partial charge < -0.3 is 4.57 Å². The van der Waals surface area contributed by atoms with E-state index in [1.165, 1.54) is 0 Å². The smallest absolute Gasteiger partial charge is 0.272 e. The topological polar surface area (TPSA) is 34.9 Å². The first-order valence-electron chi connectivity index (χ1n) is 6.36. The van der Waals surface area contributed by atoms with Crippen molar-refractivity contribution in [3.8, 4) is 0 Å². The SMILES string of the molecule is Cc1nc2ccccc2n(Cc2cccc(Br)c2)c1=O. The molecule has 0 bridgehead atoms. The molecular weight excluding hydrogens is 316 g/mol. The highest BCUT2D eigenvalue weighted by Gasteiger charge is 2.08. The third-order valence-corrected chi connectivity index (χ3v) is 3.74. The van der Waals surface area contributed by atoms with E-state index in [-0.39, 0.29) is 5.56 Å². The number of para-hydroxylation sites is 2. The molecule has 0 saturated carbocycles. The lowest BCUT2D eigenvalue weighted by atomic mass is 10.2. The number of rotatable bonds is 2. The summed E-state index contributed by atoms with van der Waals surface area (Å²) < 4.78 is 2.79. The first kappa shape index (κ1) is 13.1. The average molecular weight is 329 g/mol. The van der Waals surface area contributed by atoms with Crippen LogP contribution in [-0.4, -0.2) is 9.55 Å². The highest BCUT2D eigenvalue weighted by atomic mass is 79.9. The molecule has 0 unspecified atom stereocenters. The van der Waals surface area contributed by atoms with Crippen molar-refractivity contribution in [2.75, 3.05) is 0 Å². The molecule has 3 nitrogen and oxygen atoms in total. The van der Waals surface area contributed by atoms with E-state index in [0.717, 1.165) is 21.1 Å². The second kappa shape index (κ2) is 5.21. The van der Waals surface area contributed by atoms with E-state index in [4.69, 9.17) is 0 Å². The monoisotopic (exact) mass is 328 g/mol. The van der Waals surface area contributed by atoms with Crippen LogP contribution in [0.4, 0.5) is 0 Å². The molecule has 0 radical (unpaired) electrons. The molecule has 4 heteroatoms. The lowest BCUT2D eigenvalue weighted by Gasteiger charge is -2.11. The zero-order valence-corrected chi connectivity index (χ0v) is 12.6. The fraction of sp³-hybridized carbons (Fsp3) is 0.125.